The number of aliphatic hydroxyl groups is 1. The summed E-state index contributed by atoms with van der Waals surface area (Å²) in [7, 11) is 0. The van der Waals surface area contributed by atoms with Crippen molar-refractivity contribution in [1.29, 1.82) is 0 Å². The van der Waals surface area contributed by atoms with Gasteiger partial charge in [0.2, 0.25) is 5.95 Å². The molecule has 2 aromatic rings. The van der Waals surface area contributed by atoms with Crippen LogP contribution in [0.5, 0.6) is 0 Å². The Kier molecular flexibility index (Phi) is 3.19. The summed E-state index contributed by atoms with van der Waals surface area (Å²) < 4.78 is 0. The molecule has 0 bridgehead atoms. The molecule has 1 aromatic heterocycles. The number of hydrogen-bond donors (Lipinski definition) is 3. The van der Waals surface area contributed by atoms with Gasteiger partial charge in [0.05, 0.1) is 23.2 Å². The predicted molar refractivity (Wildman–Crippen MR) is 77.2 cm³/mol. The second-order valence-corrected chi connectivity index (χ2v) is 5.85. The lowest BCUT2D eigenvalue weighted by Gasteiger charge is -2.38. The second-order valence-electron chi connectivity index (χ2n) is 5.85. The van der Waals surface area contributed by atoms with Crippen LogP contribution in [0.3, 0.4) is 0 Å². The number of aromatic amines is 1. The van der Waals surface area contributed by atoms with Crippen molar-refractivity contribution in [1.82, 2.24) is 9.97 Å². The highest BCUT2D eigenvalue weighted by Gasteiger charge is 2.34. The Labute approximate surface area is 113 Å². The van der Waals surface area contributed by atoms with Crippen LogP contribution in [-0.4, -0.2) is 27.2 Å². The first-order valence-corrected chi connectivity index (χ1v) is 7.05. The van der Waals surface area contributed by atoms with Gasteiger partial charge in [-0.25, -0.2) is 4.98 Å². The van der Waals surface area contributed by atoms with E-state index in [-0.39, 0.29) is 12.1 Å². The third-order valence-electron chi connectivity index (χ3n) is 4.31. The molecule has 1 fully saturated rings. The molecule has 3 N–H and O–H groups in total. The van der Waals surface area contributed by atoms with Crippen LogP contribution in [0.25, 0.3) is 11.0 Å². The number of aromatic nitrogens is 2. The van der Waals surface area contributed by atoms with Crippen molar-refractivity contribution in [3.8, 4) is 0 Å². The number of rotatable bonds is 3. The van der Waals surface area contributed by atoms with Gasteiger partial charge in [-0.3, -0.25) is 0 Å². The van der Waals surface area contributed by atoms with Gasteiger partial charge in [0.1, 0.15) is 0 Å². The van der Waals surface area contributed by atoms with Gasteiger partial charge in [-0.15, -0.1) is 0 Å². The standard InChI is InChI=1S/C15H21N3O/c1-11-6-8-15(10-19,9-7-11)18-14-16-12-4-2-3-5-13(12)17-14/h2-5,11,19H,6-10H2,1H3,(H2,16,17,18). The molecule has 0 saturated heterocycles. The van der Waals surface area contributed by atoms with Crippen molar-refractivity contribution in [3.63, 3.8) is 0 Å². The van der Waals surface area contributed by atoms with Crippen molar-refractivity contribution in [2.24, 2.45) is 5.92 Å². The van der Waals surface area contributed by atoms with Gasteiger partial charge in [-0.2, -0.15) is 0 Å². The van der Waals surface area contributed by atoms with Gasteiger partial charge >= 0.3 is 0 Å². The monoisotopic (exact) mass is 259 g/mol. The number of nitrogens with zero attached hydrogens (tertiary/aromatic N) is 1. The van der Waals surface area contributed by atoms with Gasteiger partial charge in [-0.05, 0) is 43.7 Å². The molecule has 0 amide bonds. The summed E-state index contributed by atoms with van der Waals surface area (Å²) in [6.07, 6.45) is 4.32. The molecule has 4 nitrogen and oxygen atoms in total. The average Bonchev–Trinajstić information content (AvgIpc) is 2.83. The Morgan fingerprint density at radius 3 is 2.79 bits per heavy atom. The first kappa shape index (κ1) is 12.5. The van der Waals surface area contributed by atoms with Crippen molar-refractivity contribution < 1.29 is 5.11 Å². The van der Waals surface area contributed by atoms with Crippen molar-refractivity contribution in [2.75, 3.05) is 11.9 Å². The molecular weight excluding hydrogens is 238 g/mol. The number of aliphatic hydroxyl groups excluding tert-OH is 1. The van der Waals surface area contributed by atoms with E-state index in [1.54, 1.807) is 0 Å². The molecule has 0 unspecified atom stereocenters. The average molecular weight is 259 g/mol. The topological polar surface area (TPSA) is 60.9 Å². The Morgan fingerprint density at radius 2 is 2.11 bits per heavy atom. The lowest BCUT2D eigenvalue weighted by Crippen LogP contribution is -2.45. The molecule has 1 saturated carbocycles. The van der Waals surface area contributed by atoms with Gasteiger partial charge in [0.25, 0.3) is 0 Å². The SMILES string of the molecule is CC1CCC(CO)(Nc2nc3ccccc3[nH]2)CC1. The first-order valence-electron chi connectivity index (χ1n) is 7.05. The highest BCUT2D eigenvalue weighted by molar-refractivity contribution is 5.77. The summed E-state index contributed by atoms with van der Waals surface area (Å²) in [6.45, 7) is 2.44. The van der Waals surface area contributed by atoms with E-state index >= 15 is 0 Å². The minimum absolute atomic E-state index is 0.163. The molecule has 1 heterocycles. The van der Waals surface area contributed by atoms with E-state index in [0.717, 1.165) is 48.6 Å². The molecule has 1 aliphatic rings. The number of imidazole rings is 1. The van der Waals surface area contributed by atoms with Gasteiger partial charge < -0.3 is 15.4 Å². The summed E-state index contributed by atoms with van der Waals surface area (Å²) in [5.41, 5.74) is 1.78. The number of para-hydroxylation sites is 2. The molecule has 3 rings (SSSR count). The fourth-order valence-corrected chi connectivity index (χ4v) is 2.90. The largest absolute Gasteiger partial charge is 0.394 e. The van der Waals surface area contributed by atoms with Crippen LogP contribution in [0.15, 0.2) is 24.3 Å². The Balaban J connectivity index is 1.82. The van der Waals surface area contributed by atoms with E-state index in [9.17, 15) is 5.11 Å². The summed E-state index contributed by atoms with van der Waals surface area (Å²) in [5, 5.41) is 13.2. The maximum absolute atomic E-state index is 9.76. The van der Waals surface area contributed by atoms with Gasteiger partial charge in [0.15, 0.2) is 0 Å². The molecule has 19 heavy (non-hydrogen) atoms. The predicted octanol–water partition coefficient (Wildman–Crippen LogP) is 2.92. The second kappa shape index (κ2) is 4.85. The molecule has 1 aliphatic carbocycles. The number of hydrogen-bond acceptors (Lipinski definition) is 3. The highest BCUT2D eigenvalue weighted by atomic mass is 16.3. The molecule has 0 atom stereocenters. The minimum Gasteiger partial charge on any atom is -0.394 e. The van der Waals surface area contributed by atoms with E-state index < -0.39 is 0 Å². The fourth-order valence-electron chi connectivity index (χ4n) is 2.90. The highest BCUT2D eigenvalue weighted by Crippen LogP contribution is 2.34. The van der Waals surface area contributed by atoms with E-state index in [4.69, 9.17) is 0 Å². The van der Waals surface area contributed by atoms with Crippen LogP contribution >= 0.6 is 0 Å². The zero-order chi connectivity index (χ0) is 13.3. The van der Waals surface area contributed by atoms with E-state index in [1.807, 2.05) is 24.3 Å². The van der Waals surface area contributed by atoms with Crippen molar-refractivity contribution in [3.05, 3.63) is 24.3 Å². The number of H-pyrrole nitrogens is 1. The van der Waals surface area contributed by atoms with Crippen LogP contribution in [0.1, 0.15) is 32.6 Å². The normalized spacial score (nSPS) is 27.6. The maximum atomic E-state index is 9.76. The maximum Gasteiger partial charge on any atom is 0.201 e. The molecule has 0 spiro atoms. The quantitative estimate of drug-likeness (QED) is 0.794. The molecule has 102 valence electrons. The Bertz CT molecular complexity index is 522. The van der Waals surface area contributed by atoms with Crippen molar-refractivity contribution in [2.45, 2.75) is 38.1 Å². The third kappa shape index (κ3) is 2.45. The van der Waals surface area contributed by atoms with E-state index in [1.165, 1.54) is 0 Å². The zero-order valence-electron chi connectivity index (χ0n) is 11.3. The summed E-state index contributed by atoms with van der Waals surface area (Å²) >= 11 is 0. The van der Waals surface area contributed by atoms with Crippen LogP contribution in [0, 0.1) is 5.92 Å². The number of anilines is 1. The lowest BCUT2D eigenvalue weighted by atomic mass is 9.77. The van der Waals surface area contributed by atoms with Crippen LogP contribution < -0.4 is 5.32 Å². The molecule has 1 aromatic carbocycles. The number of benzene rings is 1. The zero-order valence-corrected chi connectivity index (χ0v) is 11.3. The molecule has 0 radical (unpaired) electrons. The summed E-state index contributed by atoms with van der Waals surface area (Å²) in [4.78, 5) is 7.82. The molecule has 4 heteroatoms. The summed E-state index contributed by atoms with van der Waals surface area (Å²) in [5.74, 6) is 1.53. The number of nitrogens with one attached hydrogen (secondary N) is 2. The van der Waals surface area contributed by atoms with Crippen molar-refractivity contribution >= 4 is 17.0 Å². The smallest absolute Gasteiger partial charge is 0.201 e. The van der Waals surface area contributed by atoms with Gasteiger partial charge in [0, 0.05) is 0 Å². The van der Waals surface area contributed by atoms with E-state index in [0.29, 0.717) is 0 Å². The van der Waals surface area contributed by atoms with E-state index in [2.05, 4.69) is 22.2 Å². The van der Waals surface area contributed by atoms with Crippen LogP contribution in [0.2, 0.25) is 0 Å². The minimum atomic E-state index is -0.208. The van der Waals surface area contributed by atoms with Crippen LogP contribution in [-0.2, 0) is 0 Å². The number of fused-ring (bicyclic) bond motifs is 1. The lowest BCUT2D eigenvalue weighted by molar-refractivity contribution is 0.154. The summed E-state index contributed by atoms with van der Waals surface area (Å²) in [6, 6.07) is 7.99. The molecule has 0 aliphatic heterocycles. The van der Waals surface area contributed by atoms with Gasteiger partial charge in [-0.1, -0.05) is 19.1 Å². The third-order valence-corrected chi connectivity index (χ3v) is 4.31. The fraction of sp³-hybridized carbons (Fsp3) is 0.533. The van der Waals surface area contributed by atoms with Crippen LogP contribution in [0.4, 0.5) is 5.95 Å². The molecular formula is C15H21N3O. The first-order chi connectivity index (χ1) is 9.21. The Hall–Kier alpha value is -1.55. The Morgan fingerprint density at radius 1 is 1.37 bits per heavy atom.